The number of nitrogens with one attached hydrogen (secondary N) is 1. The van der Waals surface area contributed by atoms with Gasteiger partial charge in [-0.15, -0.1) is 11.3 Å². The number of methoxy groups -OCH3 is 2. The number of anilines is 1. The molecule has 2 aromatic carbocycles. The summed E-state index contributed by atoms with van der Waals surface area (Å²) in [5.41, 5.74) is 2.18. The number of carbonyl (C=O) groups excluding carboxylic acids is 2. The predicted molar refractivity (Wildman–Crippen MR) is 124 cm³/mol. The molecule has 0 aliphatic heterocycles. The maximum atomic E-state index is 12.9. The first-order chi connectivity index (χ1) is 15.5. The van der Waals surface area contributed by atoms with Crippen molar-refractivity contribution in [2.45, 2.75) is 13.8 Å². The van der Waals surface area contributed by atoms with Gasteiger partial charge in [0.15, 0.2) is 11.5 Å². The second kappa shape index (κ2) is 10.7. The van der Waals surface area contributed by atoms with Crippen molar-refractivity contribution in [1.29, 1.82) is 0 Å². The highest BCUT2D eigenvalue weighted by molar-refractivity contribution is 7.15. The monoisotopic (exact) mass is 455 g/mol. The molecule has 3 aromatic rings. The topological polar surface area (TPSA) is 83.1 Å². The SMILES string of the molecule is CCOC(=O)c1c(-c2ccc(OCC)cc2)csc1NC(=O)c1ccc(OC)c(OC)c1. The van der Waals surface area contributed by atoms with Crippen LogP contribution in [0.1, 0.15) is 34.6 Å². The van der Waals surface area contributed by atoms with E-state index >= 15 is 0 Å². The van der Waals surface area contributed by atoms with Gasteiger partial charge in [-0.1, -0.05) is 12.1 Å². The molecular formula is C24H25NO6S. The number of esters is 1. The predicted octanol–water partition coefficient (Wildman–Crippen LogP) is 5.26. The highest BCUT2D eigenvalue weighted by Gasteiger charge is 2.23. The van der Waals surface area contributed by atoms with Gasteiger partial charge in [0.2, 0.25) is 0 Å². The number of carbonyl (C=O) groups is 2. The first-order valence-corrected chi connectivity index (χ1v) is 11.0. The molecule has 0 bridgehead atoms. The summed E-state index contributed by atoms with van der Waals surface area (Å²) in [5.74, 6) is 0.820. The maximum absolute atomic E-state index is 12.9. The van der Waals surface area contributed by atoms with Gasteiger partial charge in [-0.25, -0.2) is 4.79 Å². The summed E-state index contributed by atoms with van der Waals surface area (Å²) >= 11 is 1.26. The average Bonchev–Trinajstić information content (AvgIpc) is 3.23. The molecule has 0 spiro atoms. The van der Waals surface area contributed by atoms with E-state index in [0.717, 1.165) is 11.3 Å². The lowest BCUT2D eigenvalue weighted by Crippen LogP contribution is -2.15. The fourth-order valence-corrected chi connectivity index (χ4v) is 4.07. The smallest absolute Gasteiger partial charge is 0.341 e. The largest absolute Gasteiger partial charge is 0.494 e. The molecule has 1 aromatic heterocycles. The van der Waals surface area contributed by atoms with Crippen LogP contribution < -0.4 is 19.5 Å². The van der Waals surface area contributed by atoms with Gasteiger partial charge in [0, 0.05) is 16.5 Å². The molecule has 1 amide bonds. The standard InChI is InChI=1S/C24H25NO6S/c1-5-30-17-10-7-15(8-11-17)18-14-32-23(21(18)24(27)31-6-2)25-22(26)16-9-12-19(28-3)20(13-16)29-4/h7-14H,5-6H2,1-4H3,(H,25,26). The van der Waals surface area contributed by atoms with Crippen molar-refractivity contribution in [3.63, 3.8) is 0 Å². The first-order valence-electron chi connectivity index (χ1n) is 10.1. The number of hydrogen-bond acceptors (Lipinski definition) is 7. The minimum absolute atomic E-state index is 0.223. The Bertz CT molecular complexity index is 1090. The lowest BCUT2D eigenvalue weighted by molar-refractivity contribution is 0.0529. The summed E-state index contributed by atoms with van der Waals surface area (Å²) in [5, 5.41) is 5.07. The van der Waals surface area contributed by atoms with Crippen molar-refractivity contribution in [1.82, 2.24) is 0 Å². The van der Waals surface area contributed by atoms with E-state index in [2.05, 4.69) is 5.32 Å². The van der Waals surface area contributed by atoms with E-state index < -0.39 is 5.97 Å². The number of benzene rings is 2. The van der Waals surface area contributed by atoms with E-state index in [9.17, 15) is 9.59 Å². The van der Waals surface area contributed by atoms with Crippen LogP contribution in [0, 0.1) is 0 Å². The molecule has 1 heterocycles. The number of hydrogen-bond donors (Lipinski definition) is 1. The van der Waals surface area contributed by atoms with E-state index in [4.69, 9.17) is 18.9 Å². The number of rotatable bonds is 9. The Kier molecular flexibility index (Phi) is 7.72. The fraction of sp³-hybridized carbons (Fsp3) is 0.250. The third kappa shape index (κ3) is 5.03. The Morgan fingerprint density at radius 1 is 0.938 bits per heavy atom. The minimum Gasteiger partial charge on any atom is -0.494 e. The molecule has 3 rings (SSSR count). The molecule has 0 unspecified atom stereocenters. The van der Waals surface area contributed by atoms with Gasteiger partial charge < -0.3 is 24.3 Å². The molecule has 0 atom stereocenters. The van der Waals surface area contributed by atoms with Gasteiger partial charge in [-0.05, 0) is 49.7 Å². The molecule has 1 N–H and O–H groups in total. The van der Waals surface area contributed by atoms with E-state index in [0.29, 0.717) is 39.8 Å². The highest BCUT2D eigenvalue weighted by Crippen LogP contribution is 2.37. The van der Waals surface area contributed by atoms with Crippen LogP contribution in [0.25, 0.3) is 11.1 Å². The van der Waals surface area contributed by atoms with Crippen LogP contribution in [0.2, 0.25) is 0 Å². The summed E-state index contributed by atoms with van der Waals surface area (Å²) in [6.07, 6.45) is 0. The molecule has 0 radical (unpaired) electrons. The number of thiophene rings is 1. The zero-order chi connectivity index (χ0) is 23.1. The van der Waals surface area contributed by atoms with Gasteiger partial charge in [0.05, 0.1) is 27.4 Å². The fourth-order valence-electron chi connectivity index (χ4n) is 3.12. The Morgan fingerprint density at radius 2 is 1.66 bits per heavy atom. The van der Waals surface area contributed by atoms with E-state index in [1.54, 1.807) is 25.1 Å². The van der Waals surface area contributed by atoms with Gasteiger partial charge in [-0.3, -0.25) is 4.79 Å². The van der Waals surface area contributed by atoms with E-state index in [1.807, 2.05) is 36.6 Å². The molecule has 0 saturated heterocycles. The van der Waals surface area contributed by atoms with Gasteiger partial charge in [-0.2, -0.15) is 0 Å². The van der Waals surface area contributed by atoms with Crippen molar-refractivity contribution in [2.75, 3.05) is 32.8 Å². The Balaban J connectivity index is 1.94. The maximum Gasteiger partial charge on any atom is 0.341 e. The number of ether oxygens (including phenoxy) is 4. The summed E-state index contributed by atoms with van der Waals surface area (Å²) in [6, 6.07) is 12.3. The molecule has 0 aliphatic carbocycles. The molecule has 0 aliphatic rings. The molecule has 7 nitrogen and oxygen atoms in total. The Labute approximate surface area is 190 Å². The van der Waals surface area contributed by atoms with Crippen LogP contribution in [0.3, 0.4) is 0 Å². The Hall–Kier alpha value is -3.52. The van der Waals surface area contributed by atoms with Gasteiger partial charge in [0.1, 0.15) is 16.3 Å². The molecule has 168 valence electrons. The second-order valence-corrected chi connectivity index (χ2v) is 7.43. The molecule has 0 saturated carbocycles. The quantitative estimate of drug-likeness (QED) is 0.443. The van der Waals surface area contributed by atoms with E-state index in [-0.39, 0.29) is 12.5 Å². The van der Waals surface area contributed by atoms with Crippen LogP contribution in [0.5, 0.6) is 17.2 Å². The molecule has 0 fully saturated rings. The zero-order valence-electron chi connectivity index (χ0n) is 18.4. The second-order valence-electron chi connectivity index (χ2n) is 6.56. The lowest BCUT2D eigenvalue weighted by atomic mass is 10.0. The highest BCUT2D eigenvalue weighted by atomic mass is 32.1. The van der Waals surface area contributed by atoms with Crippen molar-refractivity contribution in [2.24, 2.45) is 0 Å². The summed E-state index contributed by atoms with van der Waals surface area (Å²) in [7, 11) is 3.03. The lowest BCUT2D eigenvalue weighted by Gasteiger charge is -2.11. The first kappa shape index (κ1) is 23.1. The van der Waals surface area contributed by atoms with Crippen LogP contribution in [0.4, 0.5) is 5.00 Å². The van der Waals surface area contributed by atoms with Gasteiger partial charge >= 0.3 is 5.97 Å². The normalized spacial score (nSPS) is 10.4. The molecule has 32 heavy (non-hydrogen) atoms. The minimum atomic E-state index is -0.500. The number of amides is 1. The molecule has 8 heteroatoms. The summed E-state index contributed by atoms with van der Waals surface area (Å²) in [6.45, 7) is 4.44. The zero-order valence-corrected chi connectivity index (χ0v) is 19.2. The third-order valence-corrected chi connectivity index (χ3v) is 5.52. The van der Waals surface area contributed by atoms with Crippen molar-refractivity contribution >= 4 is 28.2 Å². The van der Waals surface area contributed by atoms with E-state index in [1.165, 1.54) is 25.6 Å². The van der Waals surface area contributed by atoms with Crippen molar-refractivity contribution in [3.05, 3.63) is 59.0 Å². The third-order valence-electron chi connectivity index (χ3n) is 4.62. The van der Waals surface area contributed by atoms with Crippen LogP contribution in [-0.2, 0) is 4.74 Å². The summed E-state index contributed by atoms with van der Waals surface area (Å²) < 4.78 is 21.2. The van der Waals surface area contributed by atoms with Crippen molar-refractivity contribution < 1.29 is 28.5 Å². The van der Waals surface area contributed by atoms with Crippen LogP contribution in [0.15, 0.2) is 47.8 Å². The van der Waals surface area contributed by atoms with Crippen LogP contribution in [-0.4, -0.2) is 39.3 Å². The summed E-state index contributed by atoms with van der Waals surface area (Å²) in [4.78, 5) is 25.7. The van der Waals surface area contributed by atoms with Crippen molar-refractivity contribution in [3.8, 4) is 28.4 Å². The Morgan fingerprint density at radius 3 is 2.28 bits per heavy atom. The average molecular weight is 456 g/mol. The van der Waals surface area contributed by atoms with Crippen LogP contribution >= 0.6 is 11.3 Å². The molecular weight excluding hydrogens is 430 g/mol. The van der Waals surface area contributed by atoms with Gasteiger partial charge in [0.25, 0.3) is 5.91 Å².